The van der Waals surface area contributed by atoms with Crippen LogP contribution in [0.1, 0.15) is 11.1 Å². The van der Waals surface area contributed by atoms with Gasteiger partial charge in [-0.25, -0.2) is 18.5 Å². The van der Waals surface area contributed by atoms with Crippen molar-refractivity contribution >= 4 is 33.1 Å². The van der Waals surface area contributed by atoms with Gasteiger partial charge in [0.15, 0.2) is 0 Å². The van der Waals surface area contributed by atoms with Gasteiger partial charge < -0.3 is 10.0 Å². The molecule has 2 aromatic carbocycles. The highest BCUT2D eigenvalue weighted by molar-refractivity contribution is 7.89. The molecule has 0 radical (unpaired) electrons. The molecule has 1 aromatic heterocycles. The Kier molecular flexibility index (Phi) is 4.87. The van der Waals surface area contributed by atoms with E-state index in [0.29, 0.717) is 22.0 Å². The van der Waals surface area contributed by atoms with Crippen LogP contribution in [0, 0.1) is 0 Å². The zero-order chi connectivity index (χ0) is 20.6. The number of pyridine rings is 1. The molecule has 148 valence electrons. The summed E-state index contributed by atoms with van der Waals surface area (Å²) in [6.07, 6.45) is 3.19. The van der Waals surface area contributed by atoms with Gasteiger partial charge in [0, 0.05) is 34.2 Å². The molecule has 0 amide bonds. The van der Waals surface area contributed by atoms with E-state index < -0.39 is 15.7 Å². The van der Waals surface area contributed by atoms with Crippen LogP contribution in [0.15, 0.2) is 82.9 Å². The molecule has 0 aliphatic carbocycles. The first-order chi connectivity index (χ1) is 13.8. The van der Waals surface area contributed by atoms with Gasteiger partial charge in [-0.15, -0.1) is 0 Å². The lowest BCUT2D eigenvalue weighted by molar-refractivity contribution is 0.0644. The topological polar surface area (TPSA) is 109 Å². The number of nitrogens with two attached hydrogens (primary N) is 1. The number of benzene rings is 2. The summed E-state index contributed by atoms with van der Waals surface area (Å²) in [5.41, 5.74) is 0.452. The van der Waals surface area contributed by atoms with Gasteiger partial charge in [-0.3, -0.25) is 4.98 Å². The average Bonchev–Trinajstić information content (AvgIpc) is 3.08. The van der Waals surface area contributed by atoms with Crippen LogP contribution in [0.4, 0.5) is 5.69 Å². The zero-order valence-corrected chi connectivity index (χ0v) is 16.7. The molecule has 7 nitrogen and oxygen atoms in total. The number of hydrogen-bond donors (Lipinski definition) is 2. The summed E-state index contributed by atoms with van der Waals surface area (Å²) in [7, 11) is -3.81. The van der Waals surface area contributed by atoms with Crippen LogP contribution in [0.25, 0.3) is 0 Å². The fraction of sp³-hybridized carbons (Fsp3) is 0.100. The summed E-state index contributed by atoms with van der Waals surface area (Å²) in [6.45, 7) is 0.159. The van der Waals surface area contributed by atoms with E-state index in [1.165, 1.54) is 12.1 Å². The summed E-state index contributed by atoms with van der Waals surface area (Å²) in [4.78, 5) is 10.5. The first-order valence-electron chi connectivity index (χ1n) is 8.65. The molecule has 2 heterocycles. The molecule has 0 saturated carbocycles. The normalized spacial score (nSPS) is 19.3. The van der Waals surface area contributed by atoms with Crippen molar-refractivity contribution in [2.45, 2.75) is 10.6 Å². The van der Waals surface area contributed by atoms with Crippen LogP contribution in [0.3, 0.4) is 0 Å². The van der Waals surface area contributed by atoms with Crippen LogP contribution in [-0.2, 0) is 15.7 Å². The van der Waals surface area contributed by atoms with Crippen molar-refractivity contribution in [3.8, 4) is 0 Å². The van der Waals surface area contributed by atoms with E-state index in [-0.39, 0.29) is 11.4 Å². The van der Waals surface area contributed by atoms with Crippen molar-refractivity contribution in [1.29, 1.82) is 0 Å². The number of primary sulfonamides is 1. The van der Waals surface area contributed by atoms with Gasteiger partial charge in [0.25, 0.3) is 0 Å². The summed E-state index contributed by atoms with van der Waals surface area (Å²) in [5, 5.41) is 17.0. The fourth-order valence-corrected chi connectivity index (χ4v) is 3.81. The van der Waals surface area contributed by atoms with Gasteiger partial charge in [-0.05, 0) is 54.6 Å². The first-order valence-corrected chi connectivity index (χ1v) is 10.6. The lowest BCUT2D eigenvalue weighted by atomic mass is 10.1. The minimum absolute atomic E-state index is 0.000381. The van der Waals surface area contributed by atoms with Crippen LogP contribution in [0.2, 0.25) is 5.02 Å². The van der Waals surface area contributed by atoms with Crippen LogP contribution < -0.4 is 10.0 Å². The molecule has 4 rings (SSSR count). The molecule has 1 aliphatic heterocycles. The molecule has 1 atom stereocenters. The highest BCUT2D eigenvalue weighted by Gasteiger charge is 2.40. The van der Waals surface area contributed by atoms with E-state index in [9.17, 15) is 13.5 Å². The van der Waals surface area contributed by atoms with Crippen molar-refractivity contribution in [2.24, 2.45) is 10.1 Å². The first kappa shape index (κ1) is 19.5. The number of aliphatic imine (C=N–C) groups is 1. The molecule has 29 heavy (non-hydrogen) atoms. The summed E-state index contributed by atoms with van der Waals surface area (Å²) < 4.78 is 23.1. The smallest absolute Gasteiger partial charge is 0.238 e. The van der Waals surface area contributed by atoms with Gasteiger partial charge in [-0.1, -0.05) is 17.7 Å². The predicted octanol–water partition coefficient (Wildman–Crippen LogP) is 2.49. The lowest BCUT2D eigenvalue weighted by Gasteiger charge is -2.24. The maximum Gasteiger partial charge on any atom is 0.238 e. The Morgan fingerprint density at radius 3 is 2.34 bits per heavy atom. The molecule has 3 N–H and O–H groups in total. The third kappa shape index (κ3) is 3.88. The van der Waals surface area contributed by atoms with Gasteiger partial charge >= 0.3 is 0 Å². The average molecular weight is 429 g/mol. The number of hydrogen-bond acceptors (Lipinski definition) is 6. The number of β-amino-alcohol motifs (C(OH)–C–C–N with tert-alkyl or cyclic N) is 1. The Morgan fingerprint density at radius 2 is 1.76 bits per heavy atom. The second kappa shape index (κ2) is 7.23. The van der Waals surface area contributed by atoms with Crippen molar-refractivity contribution in [1.82, 2.24) is 4.98 Å². The van der Waals surface area contributed by atoms with Gasteiger partial charge in [0.2, 0.25) is 15.7 Å². The number of rotatable bonds is 4. The number of aromatic nitrogens is 1. The third-order valence-corrected chi connectivity index (χ3v) is 5.81. The SMILES string of the molecule is NS(=O)(=O)c1ccc(C2=NC(O)(c3cccnc3)CN2c2ccc(Cl)cc2)cc1. The predicted molar refractivity (Wildman–Crippen MR) is 111 cm³/mol. The molecule has 9 heteroatoms. The van der Waals surface area contributed by atoms with Crippen molar-refractivity contribution in [3.63, 3.8) is 0 Å². The summed E-state index contributed by atoms with van der Waals surface area (Å²) >= 11 is 6.01. The fourth-order valence-electron chi connectivity index (χ4n) is 3.17. The Morgan fingerprint density at radius 1 is 1.07 bits per heavy atom. The van der Waals surface area contributed by atoms with E-state index in [4.69, 9.17) is 16.7 Å². The maximum atomic E-state index is 11.5. The monoisotopic (exact) mass is 428 g/mol. The van der Waals surface area contributed by atoms with Crippen molar-refractivity contribution in [2.75, 3.05) is 11.4 Å². The van der Waals surface area contributed by atoms with Crippen molar-refractivity contribution in [3.05, 3.63) is 89.2 Å². The van der Waals surface area contributed by atoms with Crippen molar-refractivity contribution < 1.29 is 13.5 Å². The van der Waals surface area contributed by atoms with E-state index in [0.717, 1.165) is 5.69 Å². The Bertz CT molecular complexity index is 1170. The lowest BCUT2D eigenvalue weighted by Crippen LogP contribution is -2.34. The molecule has 0 bridgehead atoms. The van der Waals surface area contributed by atoms with E-state index in [1.807, 2.05) is 17.0 Å². The molecular formula is C20H17ClN4O3S. The second-order valence-electron chi connectivity index (χ2n) is 6.63. The number of nitrogens with zero attached hydrogens (tertiary/aromatic N) is 3. The Labute approximate surface area is 173 Å². The highest BCUT2D eigenvalue weighted by atomic mass is 35.5. The second-order valence-corrected chi connectivity index (χ2v) is 8.62. The molecular weight excluding hydrogens is 412 g/mol. The number of halogens is 1. The van der Waals surface area contributed by atoms with E-state index in [2.05, 4.69) is 9.98 Å². The minimum atomic E-state index is -3.81. The quantitative estimate of drug-likeness (QED) is 0.663. The Hall–Kier alpha value is -2.78. The summed E-state index contributed by atoms with van der Waals surface area (Å²) in [6, 6.07) is 16.7. The largest absolute Gasteiger partial charge is 0.364 e. The van der Waals surface area contributed by atoms with Gasteiger partial charge in [0.05, 0.1) is 11.4 Å². The number of sulfonamides is 1. The molecule has 0 fully saturated rings. The number of aliphatic hydroxyl groups is 1. The van der Waals surface area contributed by atoms with Gasteiger partial charge in [-0.2, -0.15) is 0 Å². The number of amidine groups is 1. The zero-order valence-electron chi connectivity index (χ0n) is 15.1. The van der Waals surface area contributed by atoms with E-state index >= 15 is 0 Å². The third-order valence-electron chi connectivity index (χ3n) is 4.63. The summed E-state index contributed by atoms with van der Waals surface area (Å²) in [5.74, 6) is 0.486. The van der Waals surface area contributed by atoms with Gasteiger partial charge in [0.1, 0.15) is 5.84 Å². The molecule has 1 unspecified atom stereocenters. The molecule has 1 aliphatic rings. The molecule has 0 saturated heterocycles. The Balaban J connectivity index is 1.81. The van der Waals surface area contributed by atoms with Crippen LogP contribution >= 0.6 is 11.6 Å². The minimum Gasteiger partial charge on any atom is -0.364 e. The van der Waals surface area contributed by atoms with E-state index in [1.54, 1.807) is 48.8 Å². The van der Waals surface area contributed by atoms with Crippen LogP contribution in [0.5, 0.6) is 0 Å². The molecule has 0 spiro atoms. The van der Waals surface area contributed by atoms with Crippen LogP contribution in [-0.4, -0.2) is 30.9 Å². The molecule has 3 aromatic rings. The number of anilines is 1. The standard InChI is InChI=1S/C20H17ClN4O3S/c21-16-5-7-17(8-6-16)25-13-20(26,15-2-1-11-23-12-15)24-19(25)14-3-9-18(10-4-14)29(22,27)28/h1-12,26H,13H2,(H2,22,27,28). The highest BCUT2D eigenvalue weighted by Crippen LogP contribution is 2.34. The maximum absolute atomic E-state index is 11.5.